The largest absolute Gasteiger partial charge is 0.481 e. The molecule has 0 radical (unpaired) electrons. The third-order valence-electron chi connectivity index (χ3n) is 2.07. The van der Waals surface area contributed by atoms with Crippen LogP contribution in [0.1, 0.15) is 16.4 Å². The summed E-state index contributed by atoms with van der Waals surface area (Å²) in [4.78, 5) is 21.5. The SMILES string of the molecule is CS(=O)(=O)c1ncc(OCc2nc(C(=O)O)co2)cn1. The van der Waals surface area contributed by atoms with E-state index in [2.05, 4.69) is 15.0 Å². The van der Waals surface area contributed by atoms with Gasteiger partial charge in [-0.15, -0.1) is 0 Å². The van der Waals surface area contributed by atoms with Crippen LogP contribution in [0.2, 0.25) is 0 Å². The molecule has 2 aromatic heterocycles. The zero-order valence-corrected chi connectivity index (χ0v) is 11.0. The first-order valence-electron chi connectivity index (χ1n) is 5.19. The van der Waals surface area contributed by atoms with Gasteiger partial charge in [-0.1, -0.05) is 0 Å². The first-order chi connectivity index (χ1) is 9.36. The van der Waals surface area contributed by atoms with Crippen LogP contribution >= 0.6 is 0 Å². The molecule has 0 fully saturated rings. The van der Waals surface area contributed by atoms with Crippen LogP contribution in [0.4, 0.5) is 0 Å². The predicted molar refractivity (Wildman–Crippen MR) is 62.9 cm³/mol. The summed E-state index contributed by atoms with van der Waals surface area (Å²) in [6.45, 7) is -0.130. The highest BCUT2D eigenvalue weighted by Crippen LogP contribution is 2.11. The fourth-order valence-electron chi connectivity index (χ4n) is 1.19. The summed E-state index contributed by atoms with van der Waals surface area (Å²) in [6, 6.07) is 0. The Morgan fingerprint density at radius 1 is 1.40 bits per heavy atom. The maximum Gasteiger partial charge on any atom is 0.357 e. The van der Waals surface area contributed by atoms with Gasteiger partial charge in [-0.25, -0.2) is 28.2 Å². The molecule has 0 spiro atoms. The molecule has 0 saturated heterocycles. The van der Waals surface area contributed by atoms with Crippen LogP contribution in [0, 0.1) is 0 Å². The smallest absolute Gasteiger partial charge is 0.357 e. The molecule has 0 aromatic carbocycles. The number of hydrogen-bond acceptors (Lipinski definition) is 8. The number of carboxylic acid groups (broad SMARTS) is 1. The minimum Gasteiger partial charge on any atom is -0.481 e. The molecular formula is C10H9N3O6S. The van der Waals surface area contributed by atoms with Gasteiger partial charge < -0.3 is 14.3 Å². The highest BCUT2D eigenvalue weighted by Gasteiger charge is 2.12. The minimum atomic E-state index is -3.47. The van der Waals surface area contributed by atoms with Crippen molar-refractivity contribution < 1.29 is 27.5 Å². The summed E-state index contributed by atoms with van der Waals surface area (Å²) >= 11 is 0. The Balaban J connectivity index is 2.02. The molecule has 0 saturated carbocycles. The van der Waals surface area contributed by atoms with Crippen LogP contribution in [0.3, 0.4) is 0 Å². The molecule has 2 heterocycles. The minimum absolute atomic E-state index is 0.0644. The summed E-state index contributed by atoms with van der Waals surface area (Å²) in [5.41, 5.74) is -0.229. The molecule has 0 aliphatic rings. The van der Waals surface area contributed by atoms with Crippen molar-refractivity contribution in [3.05, 3.63) is 30.2 Å². The number of rotatable bonds is 5. The lowest BCUT2D eigenvalue weighted by Crippen LogP contribution is -2.04. The van der Waals surface area contributed by atoms with Gasteiger partial charge in [0.25, 0.3) is 0 Å². The summed E-state index contributed by atoms with van der Waals surface area (Å²) in [5.74, 6) is -0.942. The molecule has 9 nitrogen and oxygen atoms in total. The Kier molecular flexibility index (Phi) is 3.66. The first kappa shape index (κ1) is 13.9. The molecule has 2 rings (SSSR count). The second-order valence-corrected chi connectivity index (χ2v) is 5.60. The zero-order chi connectivity index (χ0) is 14.8. The number of carboxylic acids is 1. The van der Waals surface area contributed by atoms with Gasteiger partial charge in [0.2, 0.25) is 20.9 Å². The Morgan fingerprint density at radius 3 is 2.55 bits per heavy atom. The Hall–Kier alpha value is -2.49. The fourth-order valence-corrected chi connectivity index (χ4v) is 1.68. The molecule has 2 aromatic rings. The Labute approximate surface area is 113 Å². The second-order valence-electron chi connectivity index (χ2n) is 3.69. The van der Waals surface area contributed by atoms with Gasteiger partial charge in [-0.05, 0) is 0 Å². The normalized spacial score (nSPS) is 11.2. The fraction of sp³-hybridized carbons (Fsp3) is 0.200. The van der Waals surface area contributed by atoms with Gasteiger partial charge in [-0.2, -0.15) is 0 Å². The van der Waals surface area contributed by atoms with Gasteiger partial charge >= 0.3 is 5.97 Å². The van der Waals surface area contributed by atoms with Crippen LogP contribution in [-0.4, -0.2) is 40.7 Å². The van der Waals surface area contributed by atoms with Crippen LogP contribution in [0.5, 0.6) is 5.75 Å². The molecule has 20 heavy (non-hydrogen) atoms. The van der Waals surface area contributed by atoms with Crippen LogP contribution < -0.4 is 4.74 Å². The average Bonchev–Trinajstić information content (AvgIpc) is 2.85. The van der Waals surface area contributed by atoms with Gasteiger partial charge in [0, 0.05) is 6.26 Å². The average molecular weight is 299 g/mol. The summed E-state index contributed by atoms with van der Waals surface area (Å²) in [7, 11) is -3.47. The molecular weight excluding hydrogens is 290 g/mol. The Bertz CT molecular complexity index is 722. The van der Waals surface area contributed by atoms with Crippen molar-refractivity contribution in [2.45, 2.75) is 11.8 Å². The number of sulfone groups is 1. The van der Waals surface area contributed by atoms with E-state index >= 15 is 0 Å². The molecule has 0 unspecified atom stereocenters. The molecule has 0 atom stereocenters. The van der Waals surface area contributed by atoms with E-state index in [-0.39, 0.29) is 29.1 Å². The number of ether oxygens (including phenoxy) is 1. The predicted octanol–water partition coefficient (Wildman–Crippen LogP) is 0.145. The van der Waals surface area contributed by atoms with E-state index in [1.807, 2.05) is 0 Å². The zero-order valence-electron chi connectivity index (χ0n) is 10.2. The van der Waals surface area contributed by atoms with E-state index < -0.39 is 15.8 Å². The number of oxazole rings is 1. The lowest BCUT2D eigenvalue weighted by molar-refractivity contribution is 0.0690. The number of carbonyl (C=O) groups is 1. The molecule has 0 amide bonds. The highest BCUT2D eigenvalue weighted by atomic mass is 32.2. The van der Waals surface area contributed by atoms with E-state index in [0.717, 1.165) is 12.5 Å². The molecule has 106 valence electrons. The van der Waals surface area contributed by atoms with Gasteiger partial charge in [0.1, 0.15) is 6.26 Å². The summed E-state index contributed by atoms with van der Waals surface area (Å²) in [6.07, 6.45) is 4.35. The van der Waals surface area contributed by atoms with Crippen LogP contribution in [0.25, 0.3) is 0 Å². The van der Waals surface area contributed by atoms with Crippen LogP contribution in [0.15, 0.2) is 28.2 Å². The third kappa shape index (κ3) is 3.29. The highest BCUT2D eigenvalue weighted by molar-refractivity contribution is 7.90. The lowest BCUT2D eigenvalue weighted by Gasteiger charge is -2.02. The van der Waals surface area contributed by atoms with Crippen molar-refractivity contribution in [2.75, 3.05) is 6.26 Å². The maximum absolute atomic E-state index is 11.1. The number of aromatic nitrogens is 3. The second kappa shape index (κ2) is 5.25. The van der Waals surface area contributed by atoms with Crippen molar-refractivity contribution >= 4 is 15.8 Å². The Morgan fingerprint density at radius 2 is 2.05 bits per heavy atom. The standard InChI is InChI=1S/C10H9N3O6S/c1-20(16,17)10-11-2-6(3-12-10)18-5-8-13-7(4-19-8)9(14)15/h2-4H,5H2,1H3,(H,14,15). The molecule has 0 aliphatic heterocycles. The molecule has 1 N–H and O–H groups in total. The molecule has 10 heteroatoms. The van der Waals surface area contributed by atoms with E-state index in [1.165, 1.54) is 12.4 Å². The van der Waals surface area contributed by atoms with E-state index in [1.54, 1.807) is 0 Å². The topological polar surface area (TPSA) is 132 Å². The van der Waals surface area contributed by atoms with Gasteiger partial charge in [0.05, 0.1) is 12.4 Å². The van der Waals surface area contributed by atoms with Crippen molar-refractivity contribution in [3.8, 4) is 5.75 Å². The van der Waals surface area contributed by atoms with Gasteiger partial charge in [-0.3, -0.25) is 0 Å². The third-order valence-corrected chi connectivity index (χ3v) is 2.94. The lowest BCUT2D eigenvalue weighted by atomic mass is 10.5. The number of aromatic carboxylic acids is 1. The first-order valence-corrected chi connectivity index (χ1v) is 7.08. The van der Waals surface area contributed by atoms with Crippen molar-refractivity contribution in [3.63, 3.8) is 0 Å². The van der Waals surface area contributed by atoms with Crippen molar-refractivity contribution in [1.29, 1.82) is 0 Å². The molecule has 0 aliphatic carbocycles. The van der Waals surface area contributed by atoms with E-state index in [0.29, 0.717) is 0 Å². The van der Waals surface area contributed by atoms with Crippen molar-refractivity contribution in [2.24, 2.45) is 0 Å². The molecule has 0 bridgehead atoms. The van der Waals surface area contributed by atoms with Crippen molar-refractivity contribution in [1.82, 2.24) is 15.0 Å². The van der Waals surface area contributed by atoms with E-state index in [4.69, 9.17) is 14.3 Å². The maximum atomic E-state index is 11.1. The number of hydrogen-bond donors (Lipinski definition) is 1. The quantitative estimate of drug-likeness (QED) is 0.765. The monoisotopic (exact) mass is 299 g/mol. The number of nitrogens with zero attached hydrogens (tertiary/aromatic N) is 3. The van der Waals surface area contributed by atoms with Gasteiger partial charge in [0.15, 0.2) is 18.1 Å². The summed E-state index contributed by atoms with van der Waals surface area (Å²) < 4.78 is 32.3. The summed E-state index contributed by atoms with van der Waals surface area (Å²) in [5, 5.41) is 8.34. The van der Waals surface area contributed by atoms with E-state index in [9.17, 15) is 13.2 Å². The van der Waals surface area contributed by atoms with Crippen LogP contribution in [-0.2, 0) is 16.4 Å².